The highest BCUT2D eigenvalue weighted by Gasteiger charge is 2.16. The third kappa shape index (κ3) is 5.53. The summed E-state index contributed by atoms with van der Waals surface area (Å²) in [5.41, 5.74) is 1.72. The van der Waals surface area contributed by atoms with Gasteiger partial charge in [-0.05, 0) is 67.9 Å². The SMILES string of the molecule is CC(C)N(Cc1ccc(Br)cc1)Cc1ccc(C(=O)Nc2ccc(F)cc2)o1. The van der Waals surface area contributed by atoms with Gasteiger partial charge in [0.25, 0.3) is 5.91 Å². The summed E-state index contributed by atoms with van der Waals surface area (Å²) in [7, 11) is 0. The Morgan fingerprint density at radius 2 is 1.71 bits per heavy atom. The highest BCUT2D eigenvalue weighted by Crippen LogP contribution is 2.18. The molecule has 0 bridgehead atoms. The number of nitrogens with one attached hydrogen (secondary N) is 1. The van der Waals surface area contributed by atoms with Gasteiger partial charge in [0.1, 0.15) is 11.6 Å². The average Bonchev–Trinajstić information content (AvgIpc) is 3.13. The Bertz CT molecular complexity index is 920. The lowest BCUT2D eigenvalue weighted by Crippen LogP contribution is -2.29. The maximum Gasteiger partial charge on any atom is 0.291 e. The fraction of sp³-hybridized carbons (Fsp3) is 0.227. The minimum absolute atomic E-state index is 0.228. The van der Waals surface area contributed by atoms with Crippen LogP contribution in [0.25, 0.3) is 0 Å². The lowest BCUT2D eigenvalue weighted by atomic mass is 10.2. The van der Waals surface area contributed by atoms with Gasteiger partial charge in [-0.15, -0.1) is 0 Å². The van der Waals surface area contributed by atoms with Gasteiger partial charge in [0.05, 0.1) is 6.54 Å². The van der Waals surface area contributed by atoms with E-state index in [1.54, 1.807) is 6.07 Å². The van der Waals surface area contributed by atoms with Crippen LogP contribution in [0.1, 0.15) is 35.7 Å². The zero-order valence-corrected chi connectivity index (χ0v) is 17.4. The van der Waals surface area contributed by atoms with Crippen LogP contribution in [0.5, 0.6) is 0 Å². The molecule has 0 saturated carbocycles. The molecule has 3 aromatic rings. The highest BCUT2D eigenvalue weighted by molar-refractivity contribution is 9.10. The van der Waals surface area contributed by atoms with Gasteiger partial charge in [0.2, 0.25) is 0 Å². The maximum absolute atomic E-state index is 13.0. The summed E-state index contributed by atoms with van der Waals surface area (Å²) in [6.45, 7) is 5.63. The minimum atomic E-state index is -0.359. The Morgan fingerprint density at radius 3 is 2.36 bits per heavy atom. The van der Waals surface area contributed by atoms with Gasteiger partial charge in [-0.1, -0.05) is 28.1 Å². The number of nitrogens with zero attached hydrogens (tertiary/aromatic N) is 1. The summed E-state index contributed by atoms with van der Waals surface area (Å²) in [5.74, 6) is 0.237. The van der Waals surface area contributed by atoms with Crippen molar-refractivity contribution in [2.75, 3.05) is 5.32 Å². The van der Waals surface area contributed by atoms with Crippen molar-refractivity contribution in [1.29, 1.82) is 0 Å². The van der Waals surface area contributed by atoms with Crippen molar-refractivity contribution in [2.24, 2.45) is 0 Å². The minimum Gasteiger partial charge on any atom is -0.455 e. The number of carbonyl (C=O) groups excluding carboxylic acids is 1. The van der Waals surface area contributed by atoms with Gasteiger partial charge in [-0.2, -0.15) is 0 Å². The van der Waals surface area contributed by atoms with Crippen molar-refractivity contribution in [3.05, 3.63) is 88.0 Å². The van der Waals surface area contributed by atoms with Crippen LogP contribution in [-0.2, 0) is 13.1 Å². The quantitative estimate of drug-likeness (QED) is 0.497. The number of anilines is 1. The Balaban J connectivity index is 1.64. The number of rotatable bonds is 7. The van der Waals surface area contributed by atoms with Crippen molar-refractivity contribution < 1.29 is 13.6 Å². The second kappa shape index (κ2) is 9.17. The zero-order valence-electron chi connectivity index (χ0n) is 15.8. The molecule has 1 N–H and O–H groups in total. The maximum atomic E-state index is 13.0. The average molecular weight is 445 g/mol. The standard InChI is InChI=1S/C22H22BrFN2O2/c1-15(2)26(13-16-3-5-17(23)6-4-16)14-20-11-12-21(28-20)22(27)25-19-9-7-18(24)8-10-19/h3-12,15H,13-14H2,1-2H3,(H,25,27). The zero-order chi connectivity index (χ0) is 20.1. The third-order valence-corrected chi connectivity index (χ3v) is 4.90. The molecule has 1 aromatic heterocycles. The van der Waals surface area contributed by atoms with E-state index < -0.39 is 0 Å². The first-order valence-corrected chi connectivity index (χ1v) is 9.84. The van der Waals surface area contributed by atoms with Crippen molar-refractivity contribution in [2.45, 2.75) is 33.0 Å². The van der Waals surface area contributed by atoms with E-state index in [2.05, 4.69) is 52.1 Å². The fourth-order valence-electron chi connectivity index (χ4n) is 2.76. The second-order valence-corrected chi connectivity index (χ2v) is 7.77. The molecule has 6 heteroatoms. The molecular formula is C22H22BrFN2O2. The molecule has 4 nitrogen and oxygen atoms in total. The van der Waals surface area contributed by atoms with Crippen LogP contribution in [0.3, 0.4) is 0 Å². The molecule has 146 valence electrons. The van der Waals surface area contributed by atoms with Crippen LogP contribution >= 0.6 is 15.9 Å². The number of hydrogen-bond acceptors (Lipinski definition) is 3. The molecule has 1 heterocycles. The number of hydrogen-bond donors (Lipinski definition) is 1. The summed E-state index contributed by atoms with van der Waals surface area (Å²) >= 11 is 3.45. The molecule has 0 saturated heterocycles. The topological polar surface area (TPSA) is 45.5 Å². The van der Waals surface area contributed by atoms with E-state index in [0.29, 0.717) is 18.3 Å². The highest BCUT2D eigenvalue weighted by atomic mass is 79.9. The van der Waals surface area contributed by atoms with E-state index in [1.807, 2.05) is 18.2 Å². The molecule has 0 aliphatic heterocycles. The lowest BCUT2D eigenvalue weighted by molar-refractivity contribution is 0.0991. The fourth-order valence-corrected chi connectivity index (χ4v) is 3.02. The van der Waals surface area contributed by atoms with Crippen LogP contribution in [0.15, 0.2) is 69.6 Å². The summed E-state index contributed by atoms with van der Waals surface area (Å²) in [4.78, 5) is 14.6. The van der Waals surface area contributed by atoms with Gasteiger partial charge in [0, 0.05) is 22.7 Å². The van der Waals surface area contributed by atoms with Gasteiger partial charge >= 0.3 is 0 Å². The molecule has 0 atom stereocenters. The largest absolute Gasteiger partial charge is 0.455 e. The molecule has 0 spiro atoms. The summed E-state index contributed by atoms with van der Waals surface area (Å²) < 4.78 is 19.8. The van der Waals surface area contributed by atoms with Crippen LogP contribution in [-0.4, -0.2) is 16.8 Å². The number of carbonyl (C=O) groups is 1. The predicted molar refractivity (Wildman–Crippen MR) is 112 cm³/mol. The third-order valence-electron chi connectivity index (χ3n) is 4.38. The molecule has 0 aliphatic carbocycles. The van der Waals surface area contributed by atoms with Crippen molar-refractivity contribution in [1.82, 2.24) is 4.90 Å². The van der Waals surface area contributed by atoms with E-state index in [-0.39, 0.29) is 17.5 Å². The first-order valence-electron chi connectivity index (χ1n) is 9.05. The molecule has 0 unspecified atom stereocenters. The van der Waals surface area contributed by atoms with E-state index >= 15 is 0 Å². The number of halogens is 2. The Labute approximate surface area is 172 Å². The lowest BCUT2D eigenvalue weighted by Gasteiger charge is -2.25. The molecular weight excluding hydrogens is 423 g/mol. The van der Waals surface area contributed by atoms with Gasteiger partial charge in [-0.25, -0.2) is 4.39 Å². The number of furan rings is 1. The monoisotopic (exact) mass is 444 g/mol. The first kappa shape index (κ1) is 20.3. The van der Waals surface area contributed by atoms with Gasteiger partial charge in [-0.3, -0.25) is 9.69 Å². The van der Waals surface area contributed by atoms with Gasteiger partial charge < -0.3 is 9.73 Å². The molecule has 28 heavy (non-hydrogen) atoms. The normalized spacial score (nSPS) is 11.2. The van der Waals surface area contributed by atoms with Crippen LogP contribution < -0.4 is 5.32 Å². The van der Waals surface area contributed by atoms with Crippen LogP contribution in [0.2, 0.25) is 0 Å². The smallest absolute Gasteiger partial charge is 0.291 e. The number of amides is 1. The van der Waals surface area contributed by atoms with Crippen LogP contribution in [0, 0.1) is 5.82 Å². The molecule has 0 radical (unpaired) electrons. The first-order chi connectivity index (χ1) is 13.4. The van der Waals surface area contributed by atoms with E-state index in [9.17, 15) is 9.18 Å². The molecule has 2 aromatic carbocycles. The molecule has 0 fully saturated rings. The Hall–Kier alpha value is -2.44. The van der Waals surface area contributed by atoms with Crippen molar-refractivity contribution in [3.63, 3.8) is 0 Å². The molecule has 1 amide bonds. The molecule has 0 aliphatic rings. The second-order valence-electron chi connectivity index (χ2n) is 6.85. The summed E-state index contributed by atoms with van der Waals surface area (Å²) in [5, 5.41) is 2.70. The van der Waals surface area contributed by atoms with Gasteiger partial charge in [0.15, 0.2) is 5.76 Å². The van der Waals surface area contributed by atoms with Crippen LogP contribution in [0.4, 0.5) is 10.1 Å². The summed E-state index contributed by atoms with van der Waals surface area (Å²) in [6.07, 6.45) is 0. The number of benzene rings is 2. The molecule has 3 rings (SSSR count). The van der Waals surface area contributed by atoms with E-state index in [0.717, 1.165) is 16.8 Å². The Morgan fingerprint density at radius 1 is 1.04 bits per heavy atom. The van der Waals surface area contributed by atoms with Crippen molar-refractivity contribution >= 4 is 27.5 Å². The van der Waals surface area contributed by atoms with E-state index in [4.69, 9.17) is 4.42 Å². The summed E-state index contributed by atoms with van der Waals surface area (Å²) in [6, 6.07) is 17.6. The predicted octanol–water partition coefficient (Wildman–Crippen LogP) is 5.84. The van der Waals surface area contributed by atoms with E-state index in [1.165, 1.54) is 29.8 Å². The van der Waals surface area contributed by atoms with Crippen molar-refractivity contribution in [3.8, 4) is 0 Å². The Kier molecular flexibility index (Phi) is 6.65.